The normalized spacial score (nSPS) is 18.4. The third-order valence-corrected chi connectivity index (χ3v) is 4.12. The Labute approximate surface area is 156 Å². The predicted molar refractivity (Wildman–Crippen MR) is 107 cm³/mol. The zero-order chi connectivity index (χ0) is 15.8. The fraction of sp³-hybridized carbons (Fsp3) is 0.588. The van der Waals surface area contributed by atoms with Gasteiger partial charge in [0.1, 0.15) is 5.75 Å². The van der Waals surface area contributed by atoms with Crippen molar-refractivity contribution in [2.75, 3.05) is 33.8 Å². The van der Waals surface area contributed by atoms with E-state index in [2.05, 4.69) is 40.6 Å². The van der Waals surface area contributed by atoms with Crippen molar-refractivity contribution >= 4 is 29.9 Å². The van der Waals surface area contributed by atoms with Crippen LogP contribution in [0.2, 0.25) is 0 Å². The molecule has 1 aromatic carbocycles. The lowest BCUT2D eigenvalue weighted by Crippen LogP contribution is -2.44. The summed E-state index contributed by atoms with van der Waals surface area (Å²) in [7, 11) is 3.89. The molecule has 5 nitrogen and oxygen atoms in total. The molecule has 1 heterocycles. The highest BCUT2D eigenvalue weighted by atomic mass is 127. The number of hydrogen-bond donors (Lipinski definition) is 2. The first kappa shape index (κ1) is 20.0. The maximum atomic E-state index is 5.38. The smallest absolute Gasteiger partial charge is 0.191 e. The third kappa shape index (κ3) is 6.18. The van der Waals surface area contributed by atoms with Crippen LogP contribution in [-0.4, -0.2) is 50.7 Å². The van der Waals surface area contributed by atoms with Crippen LogP contribution >= 0.6 is 24.0 Å². The number of nitrogens with zero attached hydrogens (tertiary/aromatic N) is 2. The molecular weight excluding hydrogens is 403 g/mol. The van der Waals surface area contributed by atoms with E-state index in [-0.39, 0.29) is 24.0 Å². The number of para-hydroxylation sites is 1. The molecule has 1 saturated heterocycles. The predicted octanol–water partition coefficient (Wildman–Crippen LogP) is 2.46. The summed E-state index contributed by atoms with van der Waals surface area (Å²) in [5.74, 6) is 1.76. The van der Waals surface area contributed by atoms with Gasteiger partial charge in [0.2, 0.25) is 0 Å². The molecule has 2 N–H and O–H groups in total. The molecule has 1 aromatic rings. The van der Waals surface area contributed by atoms with Crippen LogP contribution in [0.1, 0.15) is 25.3 Å². The molecule has 2 rings (SSSR count). The Hall–Kier alpha value is -1.02. The molecular formula is C17H29IN4O. The highest BCUT2D eigenvalue weighted by molar-refractivity contribution is 14.0. The molecule has 0 bridgehead atoms. The maximum Gasteiger partial charge on any atom is 0.191 e. The van der Waals surface area contributed by atoms with Gasteiger partial charge in [-0.05, 0) is 39.4 Å². The van der Waals surface area contributed by atoms with Crippen LogP contribution in [0.3, 0.4) is 0 Å². The average Bonchev–Trinajstić information content (AvgIpc) is 2.95. The SMILES string of the molecule is CCNC(=NCc1ccccc1OC)NCC1CCCN1C.I. The van der Waals surface area contributed by atoms with Crippen molar-refractivity contribution < 1.29 is 4.74 Å². The number of nitrogens with one attached hydrogen (secondary N) is 2. The summed E-state index contributed by atoms with van der Waals surface area (Å²) in [5.41, 5.74) is 1.10. The Bertz CT molecular complexity index is 495. The van der Waals surface area contributed by atoms with Crippen molar-refractivity contribution in [3.8, 4) is 5.75 Å². The Kier molecular flexibility index (Phi) is 9.31. The van der Waals surface area contributed by atoms with Gasteiger partial charge in [0.25, 0.3) is 0 Å². The van der Waals surface area contributed by atoms with Crippen molar-refractivity contribution in [3.05, 3.63) is 29.8 Å². The maximum absolute atomic E-state index is 5.38. The highest BCUT2D eigenvalue weighted by Crippen LogP contribution is 2.18. The molecule has 1 unspecified atom stereocenters. The number of hydrogen-bond acceptors (Lipinski definition) is 3. The Morgan fingerprint density at radius 2 is 2.13 bits per heavy atom. The second-order valence-electron chi connectivity index (χ2n) is 5.66. The molecule has 1 aliphatic heterocycles. The van der Waals surface area contributed by atoms with Gasteiger partial charge in [-0.1, -0.05) is 18.2 Å². The summed E-state index contributed by atoms with van der Waals surface area (Å²) < 4.78 is 5.38. The topological polar surface area (TPSA) is 48.9 Å². The number of aliphatic imine (C=N–C) groups is 1. The number of methoxy groups -OCH3 is 1. The molecule has 130 valence electrons. The summed E-state index contributed by atoms with van der Waals surface area (Å²) in [4.78, 5) is 7.09. The molecule has 0 radical (unpaired) electrons. The molecule has 1 fully saturated rings. The zero-order valence-electron chi connectivity index (χ0n) is 14.3. The number of guanidine groups is 1. The van der Waals surface area contributed by atoms with Gasteiger partial charge >= 0.3 is 0 Å². The van der Waals surface area contributed by atoms with E-state index in [4.69, 9.17) is 4.74 Å². The molecule has 0 aromatic heterocycles. The quantitative estimate of drug-likeness (QED) is 0.412. The van der Waals surface area contributed by atoms with Gasteiger partial charge in [-0.15, -0.1) is 24.0 Å². The van der Waals surface area contributed by atoms with Crippen LogP contribution in [0.5, 0.6) is 5.75 Å². The Morgan fingerprint density at radius 3 is 2.78 bits per heavy atom. The fourth-order valence-electron chi connectivity index (χ4n) is 2.79. The van der Waals surface area contributed by atoms with E-state index in [0.717, 1.165) is 30.4 Å². The van der Waals surface area contributed by atoms with Crippen LogP contribution in [0.4, 0.5) is 0 Å². The lowest BCUT2D eigenvalue weighted by Gasteiger charge is -2.21. The first-order valence-electron chi connectivity index (χ1n) is 8.09. The van der Waals surface area contributed by atoms with E-state index >= 15 is 0 Å². The van der Waals surface area contributed by atoms with Crippen molar-refractivity contribution in [2.45, 2.75) is 32.4 Å². The summed E-state index contributed by atoms with van der Waals surface area (Å²) in [5, 5.41) is 6.77. The Morgan fingerprint density at radius 1 is 1.35 bits per heavy atom. The molecule has 23 heavy (non-hydrogen) atoms. The molecule has 0 saturated carbocycles. The van der Waals surface area contributed by atoms with Crippen molar-refractivity contribution in [2.24, 2.45) is 4.99 Å². The standard InChI is InChI=1S/C17H28N4O.HI/c1-4-18-17(20-13-15-9-7-11-21(15)2)19-12-14-8-5-6-10-16(14)22-3;/h5-6,8,10,15H,4,7,9,11-13H2,1-3H3,(H2,18,19,20);1H. The van der Waals surface area contributed by atoms with Crippen molar-refractivity contribution in [1.29, 1.82) is 0 Å². The minimum Gasteiger partial charge on any atom is -0.496 e. The van der Waals surface area contributed by atoms with Crippen LogP contribution in [0.15, 0.2) is 29.3 Å². The molecule has 0 spiro atoms. The number of rotatable bonds is 6. The van der Waals surface area contributed by atoms with Crippen molar-refractivity contribution in [1.82, 2.24) is 15.5 Å². The zero-order valence-corrected chi connectivity index (χ0v) is 16.7. The number of benzene rings is 1. The van der Waals surface area contributed by atoms with E-state index in [9.17, 15) is 0 Å². The number of halogens is 1. The second-order valence-corrected chi connectivity index (χ2v) is 5.66. The van der Waals surface area contributed by atoms with Crippen LogP contribution in [0.25, 0.3) is 0 Å². The van der Waals surface area contributed by atoms with Gasteiger partial charge in [-0.25, -0.2) is 4.99 Å². The van der Waals surface area contributed by atoms with E-state index in [1.165, 1.54) is 19.4 Å². The van der Waals surface area contributed by atoms with E-state index < -0.39 is 0 Å². The molecule has 0 aliphatic carbocycles. The highest BCUT2D eigenvalue weighted by Gasteiger charge is 2.20. The van der Waals surface area contributed by atoms with E-state index in [0.29, 0.717) is 12.6 Å². The largest absolute Gasteiger partial charge is 0.496 e. The van der Waals surface area contributed by atoms with Crippen LogP contribution in [0, 0.1) is 0 Å². The van der Waals surface area contributed by atoms with E-state index in [1.54, 1.807) is 7.11 Å². The second kappa shape index (κ2) is 10.7. The van der Waals surface area contributed by atoms with Gasteiger partial charge < -0.3 is 20.3 Å². The van der Waals surface area contributed by atoms with Gasteiger partial charge in [0.05, 0.1) is 13.7 Å². The first-order valence-corrected chi connectivity index (χ1v) is 8.09. The molecule has 6 heteroatoms. The van der Waals surface area contributed by atoms with Gasteiger partial charge in [-0.3, -0.25) is 0 Å². The minimum absolute atomic E-state index is 0. The average molecular weight is 432 g/mol. The lowest BCUT2D eigenvalue weighted by molar-refractivity contribution is 0.309. The number of ether oxygens (including phenoxy) is 1. The van der Waals surface area contributed by atoms with E-state index in [1.807, 2.05) is 18.2 Å². The first-order chi connectivity index (χ1) is 10.7. The van der Waals surface area contributed by atoms with Crippen molar-refractivity contribution in [3.63, 3.8) is 0 Å². The van der Waals surface area contributed by atoms with Crippen LogP contribution < -0.4 is 15.4 Å². The molecule has 0 amide bonds. The molecule has 1 atom stereocenters. The minimum atomic E-state index is 0. The fourth-order valence-corrected chi connectivity index (χ4v) is 2.79. The number of likely N-dealkylation sites (tertiary alicyclic amines) is 1. The summed E-state index contributed by atoms with van der Waals surface area (Å²) >= 11 is 0. The number of likely N-dealkylation sites (N-methyl/N-ethyl adjacent to an activating group) is 1. The summed E-state index contributed by atoms with van der Waals surface area (Å²) in [6.07, 6.45) is 2.55. The Balaban J connectivity index is 0.00000264. The van der Waals surface area contributed by atoms with Gasteiger partial charge in [0.15, 0.2) is 5.96 Å². The lowest BCUT2D eigenvalue weighted by atomic mass is 10.2. The third-order valence-electron chi connectivity index (χ3n) is 4.12. The molecule has 1 aliphatic rings. The van der Waals surface area contributed by atoms with Gasteiger partial charge in [0, 0.05) is 24.7 Å². The van der Waals surface area contributed by atoms with Crippen LogP contribution in [-0.2, 0) is 6.54 Å². The summed E-state index contributed by atoms with van der Waals surface area (Å²) in [6.45, 7) is 5.69. The summed E-state index contributed by atoms with van der Waals surface area (Å²) in [6, 6.07) is 8.62. The monoisotopic (exact) mass is 432 g/mol. The van der Waals surface area contributed by atoms with Gasteiger partial charge in [-0.2, -0.15) is 0 Å².